The van der Waals surface area contributed by atoms with Crippen molar-refractivity contribution in [2.45, 2.75) is 27.2 Å². The molecule has 2 atom stereocenters. The fourth-order valence-corrected chi connectivity index (χ4v) is 1.89. The fraction of sp³-hybridized carbons (Fsp3) is 0.615. The molecule has 1 aromatic heterocycles. The predicted octanol–water partition coefficient (Wildman–Crippen LogP) is 3.16. The summed E-state index contributed by atoms with van der Waals surface area (Å²) in [6.45, 7) is 8.80. The summed E-state index contributed by atoms with van der Waals surface area (Å²) in [6, 6.07) is 2.01. The third kappa shape index (κ3) is 4.11. The molecule has 0 bridgehead atoms. The summed E-state index contributed by atoms with van der Waals surface area (Å²) in [6.07, 6.45) is 4.55. The van der Waals surface area contributed by atoms with E-state index in [9.17, 15) is 0 Å². The highest BCUT2D eigenvalue weighted by molar-refractivity contribution is 6.31. The lowest BCUT2D eigenvalue weighted by atomic mass is 9.90. The molecule has 0 amide bonds. The van der Waals surface area contributed by atoms with Crippen molar-refractivity contribution in [3.8, 4) is 0 Å². The maximum absolute atomic E-state index is 6.10. The van der Waals surface area contributed by atoms with Crippen LogP contribution in [-0.4, -0.2) is 18.1 Å². The Balaban J connectivity index is 2.50. The second kappa shape index (κ2) is 6.87. The Morgan fingerprint density at radius 3 is 2.75 bits per heavy atom. The van der Waals surface area contributed by atoms with Crippen LogP contribution in [-0.2, 0) is 6.42 Å². The SMILES string of the molecule is CCNCC(C)C(C)Cc1ccncc1Cl. The van der Waals surface area contributed by atoms with E-state index >= 15 is 0 Å². The predicted molar refractivity (Wildman–Crippen MR) is 69.8 cm³/mol. The Morgan fingerprint density at radius 2 is 2.12 bits per heavy atom. The van der Waals surface area contributed by atoms with Gasteiger partial charge in [0.25, 0.3) is 0 Å². The number of rotatable bonds is 6. The first-order valence-corrected chi connectivity index (χ1v) is 6.32. The van der Waals surface area contributed by atoms with Crippen LogP contribution in [0.25, 0.3) is 0 Å². The molecule has 0 radical (unpaired) electrons. The van der Waals surface area contributed by atoms with Crippen LogP contribution in [0.4, 0.5) is 0 Å². The van der Waals surface area contributed by atoms with Gasteiger partial charge in [0.2, 0.25) is 0 Å². The second-order valence-corrected chi connectivity index (χ2v) is 4.84. The van der Waals surface area contributed by atoms with Gasteiger partial charge in [0.1, 0.15) is 0 Å². The van der Waals surface area contributed by atoms with E-state index in [4.69, 9.17) is 11.6 Å². The van der Waals surface area contributed by atoms with Crippen LogP contribution < -0.4 is 5.32 Å². The van der Waals surface area contributed by atoms with Crippen molar-refractivity contribution in [3.05, 3.63) is 29.0 Å². The lowest BCUT2D eigenvalue weighted by molar-refractivity contribution is 0.368. The summed E-state index contributed by atoms with van der Waals surface area (Å²) in [5.74, 6) is 1.28. The van der Waals surface area contributed by atoms with Crippen LogP contribution in [0.5, 0.6) is 0 Å². The molecule has 1 rings (SSSR count). The largest absolute Gasteiger partial charge is 0.317 e. The smallest absolute Gasteiger partial charge is 0.0621 e. The lowest BCUT2D eigenvalue weighted by Crippen LogP contribution is -2.25. The molecule has 1 heterocycles. The van der Waals surface area contributed by atoms with Crippen LogP contribution >= 0.6 is 11.6 Å². The number of pyridine rings is 1. The zero-order valence-corrected chi connectivity index (χ0v) is 11.1. The first-order valence-electron chi connectivity index (χ1n) is 5.94. The van der Waals surface area contributed by atoms with E-state index in [2.05, 4.69) is 31.1 Å². The first kappa shape index (κ1) is 13.5. The van der Waals surface area contributed by atoms with Gasteiger partial charge in [0.15, 0.2) is 0 Å². The summed E-state index contributed by atoms with van der Waals surface area (Å²) < 4.78 is 0. The number of nitrogens with one attached hydrogen (secondary N) is 1. The van der Waals surface area contributed by atoms with Crippen molar-refractivity contribution in [1.82, 2.24) is 10.3 Å². The quantitative estimate of drug-likeness (QED) is 0.826. The molecule has 0 aliphatic heterocycles. The Hall–Kier alpha value is -0.600. The van der Waals surface area contributed by atoms with Gasteiger partial charge in [-0.15, -0.1) is 0 Å². The van der Waals surface area contributed by atoms with Crippen LogP contribution in [0.15, 0.2) is 18.5 Å². The minimum atomic E-state index is 0.624. The van der Waals surface area contributed by atoms with Gasteiger partial charge in [-0.05, 0) is 43.0 Å². The van der Waals surface area contributed by atoms with Crippen LogP contribution in [0.1, 0.15) is 26.3 Å². The number of aromatic nitrogens is 1. The highest BCUT2D eigenvalue weighted by Crippen LogP contribution is 2.21. The molecule has 0 spiro atoms. The highest BCUT2D eigenvalue weighted by Gasteiger charge is 2.13. The van der Waals surface area contributed by atoms with Gasteiger partial charge in [-0.1, -0.05) is 32.4 Å². The normalized spacial score (nSPS) is 14.8. The van der Waals surface area contributed by atoms with Gasteiger partial charge in [-0.2, -0.15) is 0 Å². The van der Waals surface area contributed by atoms with E-state index in [1.165, 1.54) is 5.56 Å². The third-order valence-corrected chi connectivity index (χ3v) is 3.43. The number of hydrogen-bond acceptors (Lipinski definition) is 2. The zero-order valence-electron chi connectivity index (χ0n) is 10.3. The minimum Gasteiger partial charge on any atom is -0.317 e. The average Bonchev–Trinajstić information content (AvgIpc) is 2.28. The average molecular weight is 241 g/mol. The summed E-state index contributed by atoms with van der Waals surface area (Å²) >= 11 is 6.10. The van der Waals surface area contributed by atoms with Crippen molar-refractivity contribution in [2.24, 2.45) is 11.8 Å². The molecule has 2 nitrogen and oxygen atoms in total. The zero-order chi connectivity index (χ0) is 12.0. The molecule has 0 fully saturated rings. The standard InChI is InChI=1S/C13H21ClN2/c1-4-15-8-11(3)10(2)7-12-5-6-16-9-13(12)14/h5-6,9-11,15H,4,7-8H2,1-3H3. The minimum absolute atomic E-state index is 0.624. The summed E-state index contributed by atoms with van der Waals surface area (Å²) in [7, 11) is 0. The van der Waals surface area contributed by atoms with Crippen molar-refractivity contribution < 1.29 is 0 Å². The number of halogens is 1. The lowest BCUT2D eigenvalue weighted by Gasteiger charge is -2.20. The van der Waals surface area contributed by atoms with E-state index in [0.29, 0.717) is 11.8 Å². The summed E-state index contributed by atoms with van der Waals surface area (Å²) in [5.41, 5.74) is 1.20. The van der Waals surface area contributed by atoms with Gasteiger partial charge in [0, 0.05) is 12.4 Å². The molecule has 0 aliphatic carbocycles. The summed E-state index contributed by atoms with van der Waals surface area (Å²) in [4.78, 5) is 4.00. The molecule has 0 aromatic carbocycles. The van der Waals surface area contributed by atoms with Crippen LogP contribution in [0.3, 0.4) is 0 Å². The molecular weight excluding hydrogens is 220 g/mol. The third-order valence-electron chi connectivity index (χ3n) is 3.09. The van der Waals surface area contributed by atoms with Gasteiger partial charge < -0.3 is 5.32 Å². The van der Waals surface area contributed by atoms with E-state index in [-0.39, 0.29) is 0 Å². The van der Waals surface area contributed by atoms with Gasteiger partial charge >= 0.3 is 0 Å². The molecule has 16 heavy (non-hydrogen) atoms. The Bertz CT molecular complexity index is 315. The molecule has 2 unspecified atom stereocenters. The maximum atomic E-state index is 6.10. The topological polar surface area (TPSA) is 24.9 Å². The molecular formula is C13H21ClN2. The Morgan fingerprint density at radius 1 is 1.38 bits per heavy atom. The maximum Gasteiger partial charge on any atom is 0.0621 e. The van der Waals surface area contributed by atoms with E-state index in [1.54, 1.807) is 6.20 Å². The Labute approximate surface area is 103 Å². The molecule has 1 aromatic rings. The van der Waals surface area contributed by atoms with Crippen molar-refractivity contribution >= 4 is 11.6 Å². The van der Waals surface area contributed by atoms with Gasteiger partial charge in [-0.3, -0.25) is 4.98 Å². The molecule has 90 valence electrons. The van der Waals surface area contributed by atoms with E-state index < -0.39 is 0 Å². The van der Waals surface area contributed by atoms with Gasteiger partial charge in [0.05, 0.1) is 5.02 Å². The van der Waals surface area contributed by atoms with Crippen molar-refractivity contribution in [3.63, 3.8) is 0 Å². The van der Waals surface area contributed by atoms with Crippen LogP contribution in [0.2, 0.25) is 5.02 Å². The molecule has 0 aliphatic rings. The molecule has 0 saturated heterocycles. The molecule has 3 heteroatoms. The summed E-state index contributed by atoms with van der Waals surface area (Å²) in [5, 5.41) is 4.17. The molecule has 0 saturated carbocycles. The van der Waals surface area contributed by atoms with Crippen molar-refractivity contribution in [1.29, 1.82) is 0 Å². The first-order chi connectivity index (χ1) is 7.65. The highest BCUT2D eigenvalue weighted by atomic mass is 35.5. The van der Waals surface area contributed by atoms with Crippen LogP contribution in [0, 0.1) is 11.8 Å². The Kier molecular flexibility index (Phi) is 5.78. The second-order valence-electron chi connectivity index (χ2n) is 4.43. The molecule has 1 N–H and O–H groups in total. The van der Waals surface area contributed by atoms with Gasteiger partial charge in [-0.25, -0.2) is 0 Å². The van der Waals surface area contributed by atoms with E-state index in [1.807, 2.05) is 12.3 Å². The number of hydrogen-bond donors (Lipinski definition) is 1. The fourth-order valence-electron chi connectivity index (χ4n) is 1.69. The van der Waals surface area contributed by atoms with E-state index in [0.717, 1.165) is 24.5 Å². The van der Waals surface area contributed by atoms with Crippen molar-refractivity contribution in [2.75, 3.05) is 13.1 Å². The monoisotopic (exact) mass is 240 g/mol. The number of nitrogens with zero attached hydrogens (tertiary/aromatic N) is 1.